The minimum atomic E-state index is -5.77. The first-order chi connectivity index (χ1) is 10.2. The van der Waals surface area contributed by atoms with E-state index < -0.39 is 62.8 Å². The molecule has 0 saturated carbocycles. The Balaban J connectivity index is 4.42. The Hall–Kier alpha value is -2.69. The SMILES string of the molecule is O=C(O)c1cc(S(=O)(=O)O)c(S(=O)(=O)O)c([N+](=O)[O-])c1[N+](=O)[O-]. The van der Waals surface area contributed by atoms with Crippen molar-refractivity contribution in [2.45, 2.75) is 9.79 Å². The zero-order valence-electron chi connectivity index (χ0n) is 10.3. The number of nitro benzene ring substituents is 2. The smallest absolute Gasteiger partial charge is 0.369 e. The highest BCUT2D eigenvalue weighted by Crippen LogP contribution is 2.41. The van der Waals surface area contributed by atoms with Crippen molar-refractivity contribution in [3.63, 3.8) is 0 Å². The minimum Gasteiger partial charge on any atom is -0.477 e. The van der Waals surface area contributed by atoms with Crippen LogP contribution in [0.3, 0.4) is 0 Å². The first kappa shape index (κ1) is 18.4. The molecule has 0 aromatic heterocycles. The van der Waals surface area contributed by atoms with Crippen molar-refractivity contribution in [3.8, 4) is 0 Å². The lowest BCUT2D eigenvalue weighted by molar-refractivity contribution is -0.425. The largest absolute Gasteiger partial charge is 0.477 e. The molecule has 0 spiro atoms. The van der Waals surface area contributed by atoms with Crippen LogP contribution in [0.1, 0.15) is 10.4 Å². The fourth-order valence-corrected chi connectivity index (χ4v) is 3.53. The normalized spacial score (nSPS) is 11.9. The Labute approximate surface area is 125 Å². The lowest BCUT2D eigenvalue weighted by Gasteiger charge is -2.08. The molecule has 0 saturated heterocycles. The van der Waals surface area contributed by atoms with Crippen molar-refractivity contribution >= 4 is 37.6 Å². The number of nitrogens with zero attached hydrogens (tertiary/aromatic N) is 2. The molecule has 14 nitrogen and oxygen atoms in total. The van der Waals surface area contributed by atoms with Gasteiger partial charge in [-0.05, 0) is 6.07 Å². The Morgan fingerprint density at radius 1 is 0.957 bits per heavy atom. The molecule has 0 unspecified atom stereocenters. The Bertz CT molecular complexity index is 944. The van der Waals surface area contributed by atoms with Gasteiger partial charge in [-0.25, -0.2) is 4.79 Å². The summed E-state index contributed by atoms with van der Waals surface area (Å²) in [7, 11) is -11.4. The van der Waals surface area contributed by atoms with Crippen LogP contribution in [-0.4, -0.2) is 46.9 Å². The van der Waals surface area contributed by atoms with Gasteiger partial charge in [-0.3, -0.25) is 29.3 Å². The van der Waals surface area contributed by atoms with E-state index in [0.29, 0.717) is 0 Å². The number of carboxylic acid groups (broad SMARTS) is 1. The number of aromatic carboxylic acids is 1. The number of benzene rings is 1. The molecule has 0 fully saturated rings. The van der Waals surface area contributed by atoms with Crippen molar-refractivity contribution in [1.82, 2.24) is 0 Å². The Morgan fingerprint density at radius 3 is 1.65 bits per heavy atom. The third-order valence-corrected chi connectivity index (χ3v) is 4.26. The predicted octanol–water partition coefficient (Wildman–Crippen LogP) is -0.305. The van der Waals surface area contributed by atoms with Crippen LogP contribution in [-0.2, 0) is 20.2 Å². The highest BCUT2D eigenvalue weighted by molar-refractivity contribution is 7.89. The van der Waals surface area contributed by atoms with E-state index in [4.69, 9.17) is 14.2 Å². The van der Waals surface area contributed by atoms with E-state index in [-0.39, 0.29) is 6.07 Å². The van der Waals surface area contributed by atoms with Gasteiger partial charge < -0.3 is 5.11 Å². The van der Waals surface area contributed by atoms with Crippen molar-refractivity contribution < 1.29 is 45.7 Å². The van der Waals surface area contributed by atoms with E-state index in [2.05, 4.69) is 0 Å². The predicted molar refractivity (Wildman–Crippen MR) is 66.3 cm³/mol. The summed E-state index contributed by atoms with van der Waals surface area (Å²) in [5.41, 5.74) is -5.59. The summed E-state index contributed by atoms with van der Waals surface area (Å²) in [6, 6.07) is -0.189. The average Bonchev–Trinajstić information content (AvgIpc) is 2.33. The van der Waals surface area contributed by atoms with Gasteiger partial charge in [0.1, 0.15) is 10.5 Å². The molecule has 1 aromatic rings. The number of rotatable bonds is 5. The molecular formula is C7H4N2O12S2. The second kappa shape index (κ2) is 5.50. The van der Waals surface area contributed by atoms with E-state index in [1.54, 1.807) is 0 Å². The third-order valence-electron chi connectivity index (χ3n) is 2.33. The van der Waals surface area contributed by atoms with Gasteiger partial charge in [0.15, 0.2) is 4.90 Å². The number of carboxylic acids is 1. The Morgan fingerprint density at radius 2 is 1.39 bits per heavy atom. The zero-order valence-corrected chi connectivity index (χ0v) is 11.9. The first-order valence-electron chi connectivity index (χ1n) is 4.87. The third kappa shape index (κ3) is 3.39. The molecule has 1 rings (SSSR count). The molecule has 3 N–H and O–H groups in total. The number of hydrogen-bond acceptors (Lipinski definition) is 9. The standard InChI is InChI=1S/C7H4N2O12S2/c10-7(11)2-1-3(22(16,17)18)6(23(19,20)21)5(9(14)15)4(2)8(12)13/h1H,(H,10,11)(H,16,17,18)(H,19,20,21). The lowest BCUT2D eigenvalue weighted by Crippen LogP contribution is -2.16. The fraction of sp³-hybridized carbons (Fsp3) is 0. The van der Waals surface area contributed by atoms with Crippen molar-refractivity contribution in [2.75, 3.05) is 0 Å². The quantitative estimate of drug-likeness (QED) is 0.343. The van der Waals surface area contributed by atoms with Crippen LogP contribution in [0, 0.1) is 20.2 Å². The van der Waals surface area contributed by atoms with Gasteiger partial charge in [0, 0.05) is 0 Å². The summed E-state index contributed by atoms with van der Waals surface area (Å²) < 4.78 is 62.4. The van der Waals surface area contributed by atoms with Crippen LogP contribution in [0.4, 0.5) is 11.4 Å². The molecule has 0 aliphatic carbocycles. The topological polar surface area (TPSA) is 232 Å². The average molecular weight is 372 g/mol. The molecule has 0 bridgehead atoms. The molecule has 0 heterocycles. The molecule has 0 atom stereocenters. The zero-order chi connectivity index (χ0) is 18.3. The van der Waals surface area contributed by atoms with E-state index >= 15 is 0 Å². The highest BCUT2D eigenvalue weighted by atomic mass is 32.2. The molecule has 0 aliphatic rings. The van der Waals surface area contributed by atoms with Crippen LogP contribution in [0.2, 0.25) is 0 Å². The van der Waals surface area contributed by atoms with Crippen molar-refractivity contribution in [2.24, 2.45) is 0 Å². The number of nitro groups is 2. The maximum absolute atomic E-state index is 11.2. The van der Waals surface area contributed by atoms with Gasteiger partial charge >= 0.3 is 27.5 Å². The molecule has 1 aromatic carbocycles. The molecule has 0 amide bonds. The summed E-state index contributed by atoms with van der Waals surface area (Å²) in [6.45, 7) is 0. The molecular weight excluding hydrogens is 368 g/mol. The maximum atomic E-state index is 11.2. The first-order valence-corrected chi connectivity index (χ1v) is 7.75. The van der Waals surface area contributed by atoms with Gasteiger partial charge in [-0.2, -0.15) is 16.8 Å². The van der Waals surface area contributed by atoms with Crippen LogP contribution >= 0.6 is 0 Å². The van der Waals surface area contributed by atoms with Crippen LogP contribution < -0.4 is 0 Å². The summed E-state index contributed by atoms with van der Waals surface area (Å²) in [6.07, 6.45) is 0. The summed E-state index contributed by atoms with van der Waals surface area (Å²) in [5.74, 6) is -2.22. The number of hydrogen-bond donors (Lipinski definition) is 3. The lowest BCUT2D eigenvalue weighted by atomic mass is 10.1. The second-order valence-corrected chi connectivity index (χ2v) is 6.47. The highest BCUT2D eigenvalue weighted by Gasteiger charge is 2.44. The van der Waals surface area contributed by atoms with Crippen LogP contribution in [0.5, 0.6) is 0 Å². The van der Waals surface area contributed by atoms with Gasteiger partial charge in [0.2, 0.25) is 0 Å². The van der Waals surface area contributed by atoms with Crippen LogP contribution in [0.15, 0.2) is 15.9 Å². The van der Waals surface area contributed by atoms with E-state index in [1.807, 2.05) is 0 Å². The maximum Gasteiger partial charge on any atom is 0.369 e. The van der Waals surface area contributed by atoms with Gasteiger partial charge in [0.05, 0.1) is 9.85 Å². The van der Waals surface area contributed by atoms with Crippen molar-refractivity contribution in [1.29, 1.82) is 0 Å². The van der Waals surface area contributed by atoms with Gasteiger partial charge in [-0.15, -0.1) is 0 Å². The molecule has 16 heteroatoms. The van der Waals surface area contributed by atoms with E-state index in [1.165, 1.54) is 0 Å². The van der Waals surface area contributed by atoms with Gasteiger partial charge in [-0.1, -0.05) is 0 Å². The van der Waals surface area contributed by atoms with Crippen LogP contribution in [0.25, 0.3) is 0 Å². The fourth-order valence-electron chi connectivity index (χ4n) is 1.57. The summed E-state index contributed by atoms with van der Waals surface area (Å²) in [4.78, 5) is 25.2. The monoisotopic (exact) mass is 372 g/mol. The minimum absolute atomic E-state index is 0.189. The van der Waals surface area contributed by atoms with E-state index in [0.717, 1.165) is 0 Å². The molecule has 0 radical (unpaired) electrons. The van der Waals surface area contributed by atoms with E-state index in [9.17, 15) is 41.9 Å². The molecule has 126 valence electrons. The second-order valence-electron chi connectivity index (χ2n) is 3.72. The molecule has 23 heavy (non-hydrogen) atoms. The summed E-state index contributed by atoms with van der Waals surface area (Å²) in [5, 5.41) is 30.5. The van der Waals surface area contributed by atoms with Crippen molar-refractivity contribution in [3.05, 3.63) is 31.9 Å². The Kier molecular flexibility index (Phi) is 4.39. The summed E-state index contributed by atoms with van der Waals surface area (Å²) >= 11 is 0. The number of carbonyl (C=O) groups is 1. The van der Waals surface area contributed by atoms with Gasteiger partial charge in [0.25, 0.3) is 10.1 Å². The molecule has 0 aliphatic heterocycles.